The number of nitrogens with two attached hydrogens (primary N) is 1. The van der Waals surface area contributed by atoms with Gasteiger partial charge in [0.2, 0.25) is 10.0 Å². The molecule has 7 nitrogen and oxygen atoms in total. The van der Waals surface area contributed by atoms with Crippen molar-refractivity contribution in [2.45, 2.75) is 23.8 Å². The van der Waals surface area contributed by atoms with Gasteiger partial charge in [0.15, 0.2) is 0 Å². The number of hydrazine groups is 1. The molecule has 1 fully saturated rings. The average molecular weight is 272 g/mol. The van der Waals surface area contributed by atoms with Crippen molar-refractivity contribution in [1.29, 1.82) is 0 Å². The number of nitrogens with one attached hydrogen (secondary N) is 2. The van der Waals surface area contributed by atoms with Crippen molar-refractivity contribution in [2.75, 3.05) is 18.6 Å². The zero-order valence-corrected chi connectivity index (χ0v) is 10.8. The molecular weight excluding hydrogens is 256 g/mol. The smallest absolute Gasteiger partial charge is 0.241 e. The van der Waals surface area contributed by atoms with Gasteiger partial charge in [-0.2, -0.15) is 0 Å². The van der Waals surface area contributed by atoms with Crippen molar-refractivity contribution in [3.05, 3.63) is 18.3 Å². The molecule has 1 aliphatic rings. The molecule has 100 valence electrons. The fourth-order valence-electron chi connectivity index (χ4n) is 1.79. The number of ether oxygens (including phenoxy) is 1. The third-order valence-electron chi connectivity index (χ3n) is 2.79. The van der Waals surface area contributed by atoms with Crippen LogP contribution in [0.15, 0.2) is 23.2 Å². The van der Waals surface area contributed by atoms with E-state index in [1.165, 1.54) is 18.3 Å². The molecule has 1 atom stereocenters. The Balaban J connectivity index is 2.24. The number of pyridine rings is 1. The van der Waals surface area contributed by atoms with Crippen molar-refractivity contribution < 1.29 is 13.2 Å². The molecule has 1 unspecified atom stereocenters. The Hall–Kier alpha value is -1.22. The van der Waals surface area contributed by atoms with Crippen LogP contribution in [-0.4, -0.2) is 32.2 Å². The summed E-state index contributed by atoms with van der Waals surface area (Å²) in [6.45, 7) is 2.76. The molecule has 2 rings (SSSR count). The quantitative estimate of drug-likeness (QED) is 0.519. The Morgan fingerprint density at radius 1 is 1.56 bits per heavy atom. The number of hydrogen-bond acceptors (Lipinski definition) is 6. The molecule has 4 N–H and O–H groups in total. The van der Waals surface area contributed by atoms with Crippen LogP contribution in [0.4, 0.5) is 5.82 Å². The van der Waals surface area contributed by atoms with E-state index in [2.05, 4.69) is 15.1 Å². The minimum absolute atomic E-state index is 0.124. The number of aromatic nitrogens is 1. The molecule has 0 aliphatic carbocycles. The molecule has 18 heavy (non-hydrogen) atoms. The second-order valence-electron chi connectivity index (χ2n) is 4.49. The van der Waals surface area contributed by atoms with Gasteiger partial charge in [0, 0.05) is 18.9 Å². The van der Waals surface area contributed by atoms with E-state index in [1.807, 2.05) is 6.92 Å². The first kappa shape index (κ1) is 13.2. The summed E-state index contributed by atoms with van der Waals surface area (Å²) < 4.78 is 32.3. The predicted octanol–water partition coefficient (Wildman–Crippen LogP) is -0.175. The average Bonchev–Trinajstić information content (AvgIpc) is 2.75. The van der Waals surface area contributed by atoms with Crippen LogP contribution in [0, 0.1) is 0 Å². The van der Waals surface area contributed by atoms with Crippen molar-refractivity contribution in [2.24, 2.45) is 5.84 Å². The normalized spacial score (nSPS) is 24.1. The molecule has 0 bridgehead atoms. The summed E-state index contributed by atoms with van der Waals surface area (Å²) in [5, 5.41) is 0. The highest BCUT2D eigenvalue weighted by molar-refractivity contribution is 7.89. The molecule has 1 aromatic rings. The maximum absolute atomic E-state index is 12.2. The van der Waals surface area contributed by atoms with Gasteiger partial charge in [-0.1, -0.05) is 0 Å². The lowest BCUT2D eigenvalue weighted by molar-refractivity contribution is 0.178. The lowest BCUT2D eigenvalue weighted by Gasteiger charge is -2.23. The third-order valence-corrected chi connectivity index (χ3v) is 4.43. The molecular formula is C10H16N4O3S. The third kappa shape index (κ3) is 2.78. The van der Waals surface area contributed by atoms with Crippen molar-refractivity contribution in [3.63, 3.8) is 0 Å². The summed E-state index contributed by atoms with van der Waals surface area (Å²) in [5.74, 6) is 5.50. The standard InChI is InChI=1S/C10H16N4O3S/c1-10(3-5-17-7-10)14-18(15,16)8-2-4-12-9(6-8)13-11/h2,4,6,14H,3,5,7,11H2,1H3,(H,12,13). The van der Waals surface area contributed by atoms with E-state index >= 15 is 0 Å². The van der Waals surface area contributed by atoms with Gasteiger partial charge in [-0.25, -0.2) is 24.0 Å². The number of nitrogens with zero attached hydrogens (tertiary/aromatic N) is 1. The van der Waals surface area contributed by atoms with Crippen LogP contribution in [0.2, 0.25) is 0 Å². The van der Waals surface area contributed by atoms with Crippen LogP contribution in [0.3, 0.4) is 0 Å². The first-order valence-corrected chi connectivity index (χ1v) is 6.98. The van der Waals surface area contributed by atoms with Gasteiger partial charge < -0.3 is 10.2 Å². The summed E-state index contributed by atoms with van der Waals surface area (Å²) >= 11 is 0. The summed E-state index contributed by atoms with van der Waals surface area (Å²) in [5.41, 5.74) is 1.76. The monoisotopic (exact) mass is 272 g/mol. The number of rotatable bonds is 4. The highest BCUT2D eigenvalue weighted by atomic mass is 32.2. The van der Waals surface area contributed by atoms with E-state index in [-0.39, 0.29) is 4.90 Å². The molecule has 0 radical (unpaired) electrons. The Kier molecular flexibility index (Phi) is 3.53. The van der Waals surface area contributed by atoms with Crippen molar-refractivity contribution >= 4 is 15.8 Å². The molecule has 0 saturated carbocycles. The molecule has 1 saturated heterocycles. The number of hydrogen-bond donors (Lipinski definition) is 3. The van der Waals surface area contributed by atoms with Crippen molar-refractivity contribution in [3.8, 4) is 0 Å². The Morgan fingerprint density at radius 3 is 2.94 bits per heavy atom. The first-order valence-electron chi connectivity index (χ1n) is 5.50. The molecule has 0 aromatic carbocycles. The maximum atomic E-state index is 12.2. The first-order chi connectivity index (χ1) is 8.45. The van der Waals surface area contributed by atoms with E-state index in [0.717, 1.165) is 0 Å². The van der Waals surface area contributed by atoms with Crippen LogP contribution >= 0.6 is 0 Å². The van der Waals surface area contributed by atoms with Crippen LogP contribution in [0.25, 0.3) is 0 Å². The second-order valence-corrected chi connectivity index (χ2v) is 6.17. The molecule has 1 aromatic heterocycles. The van der Waals surface area contributed by atoms with Crippen LogP contribution < -0.4 is 16.0 Å². The van der Waals surface area contributed by atoms with Crippen LogP contribution in [-0.2, 0) is 14.8 Å². The van der Waals surface area contributed by atoms with Gasteiger partial charge in [-0.15, -0.1) is 0 Å². The highest BCUT2D eigenvalue weighted by Gasteiger charge is 2.34. The van der Waals surface area contributed by atoms with E-state index in [0.29, 0.717) is 25.5 Å². The lowest BCUT2D eigenvalue weighted by atomic mass is 10.0. The van der Waals surface area contributed by atoms with E-state index in [4.69, 9.17) is 10.6 Å². The molecule has 0 spiro atoms. The Bertz CT molecular complexity index is 526. The van der Waals surface area contributed by atoms with Crippen LogP contribution in [0.5, 0.6) is 0 Å². The van der Waals surface area contributed by atoms with Gasteiger partial charge in [-0.3, -0.25) is 0 Å². The lowest BCUT2D eigenvalue weighted by Crippen LogP contribution is -2.46. The maximum Gasteiger partial charge on any atom is 0.241 e. The Labute approximate surface area is 106 Å². The number of anilines is 1. The largest absolute Gasteiger partial charge is 0.379 e. The van der Waals surface area contributed by atoms with E-state index in [1.54, 1.807) is 0 Å². The van der Waals surface area contributed by atoms with E-state index in [9.17, 15) is 8.42 Å². The molecule has 1 aliphatic heterocycles. The van der Waals surface area contributed by atoms with Gasteiger partial charge in [0.1, 0.15) is 5.82 Å². The topological polar surface area (TPSA) is 106 Å². The summed E-state index contributed by atoms with van der Waals surface area (Å²) in [6.07, 6.45) is 2.04. The van der Waals surface area contributed by atoms with Gasteiger partial charge in [0.25, 0.3) is 0 Å². The molecule has 0 amide bonds. The van der Waals surface area contributed by atoms with Gasteiger partial charge >= 0.3 is 0 Å². The number of sulfonamides is 1. The Morgan fingerprint density at radius 2 is 2.33 bits per heavy atom. The van der Waals surface area contributed by atoms with E-state index < -0.39 is 15.6 Å². The number of nitrogen functional groups attached to an aromatic ring is 1. The highest BCUT2D eigenvalue weighted by Crippen LogP contribution is 2.21. The summed E-state index contributed by atoms with van der Waals surface area (Å²) in [4.78, 5) is 3.99. The zero-order chi connectivity index (χ0) is 13.2. The summed E-state index contributed by atoms with van der Waals surface area (Å²) in [7, 11) is -3.60. The second kappa shape index (κ2) is 4.81. The SMILES string of the molecule is CC1(NS(=O)(=O)c2ccnc(NN)c2)CCOC1. The molecule has 2 heterocycles. The fourth-order valence-corrected chi connectivity index (χ4v) is 3.22. The molecule has 8 heteroatoms. The van der Waals surface area contributed by atoms with Gasteiger partial charge in [0.05, 0.1) is 17.0 Å². The zero-order valence-electron chi connectivity index (χ0n) is 10.0. The minimum Gasteiger partial charge on any atom is -0.379 e. The minimum atomic E-state index is -3.60. The fraction of sp³-hybridized carbons (Fsp3) is 0.500. The summed E-state index contributed by atoms with van der Waals surface area (Å²) in [6, 6.07) is 2.80. The van der Waals surface area contributed by atoms with Gasteiger partial charge in [-0.05, 0) is 19.4 Å². The van der Waals surface area contributed by atoms with Crippen molar-refractivity contribution in [1.82, 2.24) is 9.71 Å². The van der Waals surface area contributed by atoms with Crippen LogP contribution in [0.1, 0.15) is 13.3 Å². The predicted molar refractivity (Wildman–Crippen MR) is 66.2 cm³/mol.